The van der Waals surface area contributed by atoms with Crippen molar-refractivity contribution in [3.63, 3.8) is 0 Å². The van der Waals surface area contributed by atoms with Crippen LogP contribution in [0.3, 0.4) is 0 Å². The molecule has 0 unspecified atom stereocenters. The summed E-state index contributed by atoms with van der Waals surface area (Å²) in [5.74, 6) is 5.97. The van der Waals surface area contributed by atoms with Gasteiger partial charge >= 0.3 is 5.97 Å². The Bertz CT molecular complexity index is 1250. The fourth-order valence-corrected chi connectivity index (χ4v) is 5.51. The van der Waals surface area contributed by atoms with Crippen molar-refractivity contribution in [2.45, 2.75) is 69.9 Å². The Labute approximate surface area is 213 Å². The SMILES string of the molecule is Cc1ccc(S(=O)(=O)N(C)C2CCCC2)cc1C#Cc1cc(Cl)ccc1OCC(=O)OC(C)(C)C. The van der Waals surface area contributed by atoms with Crippen LogP contribution in [0.4, 0.5) is 0 Å². The van der Waals surface area contributed by atoms with Crippen LogP contribution >= 0.6 is 11.6 Å². The van der Waals surface area contributed by atoms with Crippen molar-refractivity contribution in [3.05, 3.63) is 58.1 Å². The van der Waals surface area contributed by atoms with E-state index in [0.717, 1.165) is 31.2 Å². The molecule has 0 amide bonds. The second-order valence-corrected chi connectivity index (χ2v) is 12.1. The van der Waals surface area contributed by atoms with Crippen LogP contribution in [0.1, 0.15) is 63.1 Å². The largest absolute Gasteiger partial charge is 0.481 e. The number of halogens is 1. The minimum atomic E-state index is -3.62. The quantitative estimate of drug-likeness (QED) is 0.382. The molecule has 0 N–H and O–H groups in total. The van der Waals surface area contributed by atoms with Gasteiger partial charge in [0.1, 0.15) is 11.4 Å². The number of rotatable bonds is 6. The number of sulfonamides is 1. The van der Waals surface area contributed by atoms with Crippen LogP contribution in [-0.2, 0) is 19.6 Å². The molecule has 1 saturated carbocycles. The first-order valence-electron chi connectivity index (χ1n) is 11.6. The molecule has 0 atom stereocenters. The van der Waals surface area contributed by atoms with Gasteiger partial charge in [-0.1, -0.05) is 42.3 Å². The number of esters is 1. The van der Waals surface area contributed by atoms with Crippen molar-refractivity contribution >= 4 is 27.6 Å². The normalized spacial score (nSPS) is 14.5. The molecule has 0 aliphatic heterocycles. The average Bonchev–Trinajstić information content (AvgIpc) is 3.30. The van der Waals surface area contributed by atoms with E-state index in [0.29, 0.717) is 21.9 Å². The zero-order valence-corrected chi connectivity index (χ0v) is 22.4. The zero-order chi connectivity index (χ0) is 25.8. The van der Waals surface area contributed by atoms with Crippen LogP contribution < -0.4 is 4.74 Å². The lowest BCUT2D eigenvalue weighted by molar-refractivity contribution is -0.157. The number of ether oxygens (including phenoxy) is 2. The second-order valence-electron chi connectivity index (χ2n) is 9.70. The Hall–Kier alpha value is -2.53. The van der Waals surface area contributed by atoms with Crippen LogP contribution in [0.15, 0.2) is 41.3 Å². The minimum Gasteiger partial charge on any atom is -0.481 e. The molecule has 0 spiro atoms. The van der Waals surface area contributed by atoms with E-state index < -0.39 is 21.6 Å². The summed E-state index contributed by atoms with van der Waals surface area (Å²) >= 11 is 6.16. The molecule has 1 aliphatic rings. The molecule has 8 heteroatoms. The molecular weight excluding hydrogens is 486 g/mol. The van der Waals surface area contributed by atoms with E-state index in [2.05, 4.69) is 11.8 Å². The topological polar surface area (TPSA) is 72.9 Å². The van der Waals surface area contributed by atoms with Gasteiger partial charge < -0.3 is 9.47 Å². The molecule has 0 heterocycles. The van der Waals surface area contributed by atoms with E-state index >= 15 is 0 Å². The highest BCUT2D eigenvalue weighted by Crippen LogP contribution is 2.28. The number of aryl methyl sites for hydroxylation is 1. The van der Waals surface area contributed by atoms with E-state index in [9.17, 15) is 13.2 Å². The van der Waals surface area contributed by atoms with Gasteiger partial charge in [-0.05, 0) is 76.4 Å². The van der Waals surface area contributed by atoms with Gasteiger partial charge in [-0.15, -0.1) is 0 Å². The van der Waals surface area contributed by atoms with E-state index in [4.69, 9.17) is 21.1 Å². The fourth-order valence-electron chi connectivity index (χ4n) is 3.89. The molecule has 0 bridgehead atoms. The third-order valence-corrected chi connectivity index (χ3v) is 7.91. The van der Waals surface area contributed by atoms with Gasteiger partial charge in [-0.2, -0.15) is 4.31 Å². The Morgan fingerprint density at radius 3 is 2.40 bits per heavy atom. The summed E-state index contributed by atoms with van der Waals surface area (Å²) in [7, 11) is -1.97. The lowest BCUT2D eigenvalue weighted by atomic mass is 10.1. The maximum Gasteiger partial charge on any atom is 0.344 e. The first-order valence-corrected chi connectivity index (χ1v) is 13.4. The predicted octanol–water partition coefficient (Wildman–Crippen LogP) is 5.33. The molecule has 0 saturated heterocycles. The molecule has 3 rings (SSSR count). The molecule has 188 valence electrons. The smallest absolute Gasteiger partial charge is 0.344 e. The van der Waals surface area contributed by atoms with Crippen LogP contribution in [-0.4, -0.2) is 44.0 Å². The van der Waals surface area contributed by atoms with Crippen LogP contribution in [0, 0.1) is 18.8 Å². The van der Waals surface area contributed by atoms with Crippen molar-refractivity contribution in [2.24, 2.45) is 0 Å². The van der Waals surface area contributed by atoms with Crippen molar-refractivity contribution < 1.29 is 22.7 Å². The Morgan fingerprint density at radius 1 is 1.09 bits per heavy atom. The molecular formula is C27H32ClNO5S. The third-order valence-electron chi connectivity index (χ3n) is 5.76. The highest BCUT2D eigenvalue weighted by molar-refractivity contribution is 7.89. The highest BCUT2D eigenvalue weighted by Gasteiger charge is 2.30. The third kappa shape index (κ3) is 7.23. The molecule has 35 heavy (non-hydrogen) atoms. The summed E-state index contributed by atoms with van der Waals surface area (Å²) in [5.41, 5.74) is 1.30. The highest BCUT2D eigenvalue weighted by atomic mass is 35.5. The van der Waals surface area contributed by atoms with Crippen LogP contribution in [0.25, 0.3) is 0 Å². The van der Waals surface area contributed by atoms with E-state index in [-0.39, 0.29) is 17.5 Å². The number of hydrogen-bond acceptors (Lipinski definition) is 5. The number of carbonyl (C=O) groups excluding carboxylic acids is 1. The molecule has 1 fully saturated rings. The number of carbonyl (C=O) groups is 1. The molecule has 0 radical (unpaired) electrons. The Balaban J connectivity index is 1.86. The summed E-state index contributed by atoms with van der Waals surface area (Å²) in [5, 5.41) is 0.463. The van der Waals surface area contributed by atoms with Crippen LogP contribution in [0.2, 0.25) is 5.02 Å². The van der Waals surface area contributed by atoms with Gasteiger partial charge in [0.15, 0.2) is 6.61 Å². The minimum absolute atomic E-state index is 0.0342. The monoisotopic (exact) mass is 517 g/mol. The first kappa shape index (κ1) is 27.1. The molecule has 2 aromatic rings. The lowest BCUT2D eigenvalue weighted by Gasteiger charge is -2.23. The van der Waals surface area contributed by atoms with E-state index in [1.165, 1.54) is 4.31 Å². The van der Waals surface area contributed by atoms with Gasteiger partial charge in [-0.3, -0.25) is 0 Å². The molecule has 1 aliphatic carbocycles. The van der Waals surface area contributed by atoms with Gasteiger partial charge in [-0.25, -0.2) is 13.2 Å². The van der Waals surface area contributed by atoms with Crippen molar-refractivity contribution in [1.29, 1.82) is 0 Å². The summed E-state index contributed by atoms with van der Waals surface area (Å²) < 4.78 is 38.8. The molecule has 0 aromatic heterocycles. The molecule has 6 nitrogen and oxygen atoms in total. The van der Waals surface area contributed by atoms with E-state index in [1.807, 2.05) is 6.92 Å². The maximum atomic E-state index is 13.2. The number of hydrogen-bond donors (Lipinski definition) is 0. The van der Waals surface area contributed by atoms with E-state index in [1.54, 1.807) is 64.2 Å². The Kier molecular flexibility index (Phi) is 8.53. The van der Waals surface area contributed by atoms with Crippen LogP contribution in [0.5, 0.6) is 5.75 Å². The van der Waals surface area contributed by atoms with Gasteiger partial charge in [0.2, 0.25) is 10.0 Å². The number of nitrogens with zero attached hydrogens (tertiary/aromatic N) is 1. The fraction of sp³-hybridized carbons (Fsp3) is 0.444. The summed E-state index contributed by atoms with van der Waals surface area (Å²) in [6.07, 6.45) is 3.87. The first-order chi connectivity index (χ1) is 16.4. The zero-order valence-electron chi connectivity index (χ0n) is 20.9. The summed E-state index contributed by atoms with van der Waals surface area (Å²) in [6, 6.07) is 9.95. The van der Waals surface area contributed by atoms with Gasteiger partial charge in [0, 0.05) is 23.7 Å². The summed E-state index contributed by atoms with van der Waals surface area (Å²) in [6.45, 7) is 6.96. The van der Waals surface area contributed by atoms with Gasteiger partial charge in [0.05, 0.1) is 10.5 Å². The second kappa shape index (κ2) is 11.0. The average molecular weight is 518 g/mol. The maximum absolute atomic E-state index is 13.2. The van der Waals surface area contributed by atoms with Crippen molar-refractivity contribution in [1.82, 2.24) is 4.31 Å². The van der Waals surface area contributed by atoms with Gasteiger partial charge in [0.25, 0.3) is 0 Å². The number of benzene rings is 2. The predicted molar refractivity (Wildman–Crippen MR) is 137 cm³/mol. The van der Waals surface area contributed by atoms with Crippen molar-refractivity contribution in [3.8, 4) is 17.6 Å². The Morgan fingerprint density at radius 2 is 1.74 bits per heavy atom. The van der Waals surface area contributed by atoms with Crippen molar-refractivity contribution in [2.75, 3.05) is 13.7 Å². The standard InChI is InChI=1S/C27H32ClNO5S/c1-19-10-14-24(35(31,32)29(5)23-8-6-7-9-23)17-20(19)11-12-21-16-22(28)13-15-25(21)33-18-26(30)34-27(2,3)4/h10,13-17,23H,6-9,18H2,1-5H3. The molecule has 2 aromatic carbocycles. The lowest BCUT2D eigenvalue weighted by Crippen LogP contribution is -2.35. The summed E-state index contributed by atoms with van der Waals surface area (Å²) in [4.78, 5) is 12.3.